The predicted octanol–water partition coefficient (Wildman–Crippen LogP) is 0.0289. The van der Waals surface area contributed by atoms with E-state index < -0.39 is 0 Å². The summed E-state index contributed by atoms with van der Waals surface area (Å²) in [7, 11) is 0. The van der Waals surface area contributed by atoms with Gasteiger partial charge in [-0.25, -0.2) is 0 Å². The Morgan fingerprint density at radius 3 is 3.23 bits per heavy atom. The Kier molecular flexibility index (Phi) is 2.56. The van der Waals surface area contributed by atoms with Gasteiger partial charge in [-0.15, -0.1) is 0 Å². The van der Waals surface area contributed by atoms with Crippen LogP contribution in [0.2, 0.25) is 0 Å². The van der Waals surface area contributed by atoms with Crippen molar-refractivity contribution >= 4 is 0 Å². The Morgan fingerprint density at radius 2 is 2.54 bits per heavy atom. The van der Waals surface area contributed by atoms with E-state index in [0.717, 1.165) is 25.2 Å². The number of aliphatic hydroxyl groups excluding tert-OH is 1. The third-order valence-corrected chi connectivity index (χ3v) is 2.18. The quantitative estimate of drug-likeness (QED) is 0.691. The van der Waals surface area contributed by atoms with Gasteiger partial charge in [0.25, 0.3) is 0 Å². The van der Waals surface area contributed by atoms with Gasteiger partial charge in [-0.1, -0.05) is 5.16 Å². The summed E-state index contributed by atoms with van der Waals surface area (Å²) in [5, 5.41) is 15.8. The van der Waals surface area contributed by atoms with E-state index in [-0.39, 0.29) is 12.6 Å². The topological polar surface area (TPSA) is 71.2 Å². The lowest BCUT2D eigenvalue weighted by atomic mass is 10.2. The lowest BCUT2D eigenvalue weighted by molar-refractivity contribution is 0.273. The molecule has 0 spiro atoms. The average molecular weight is 183 g/mol. The second-order valence-electron chi connectivity index (χ2n) is 3.17. The second kappa shape index (κ2) is 3.85. The van der Waals surface area contributed by atoms with Crippen LogP contribution in [0.4, 0.5) is 0 Å². The number of rotatable bonds is 3. The van der Waals surface area contributed by atoms with Crippen molar-refractivity contribution in [2.45, 2.75) is 25.3 Å². The molecule has 1 atom stereocenters. The van der Waals surface area contributed by atoms with E-state index in [9.17, 15) is 0 Å². The molecule has 1 aromatic heterocycles. The van der Waals surface area contributed by atoms with Crippen molar-refractivity contribution in [3.05, 3.63) is 11.7 Å². The summed E-state index contributed by atoms with van der Waals surface area (Å²) in [6.07, 6.45) is 2.67. The Bertz CT molecular complexity index is 268. The van der Waals surface area contributed by atoms with E-state index in [2.05, 4.69) is 15.5 Å². The minimum atomic E-state index is 0.0553. The molecular weight excluding hydrogens is 170 g/mol. The van der Waals surface area contributed by atoms with Crippen LogP contribution in [0.5, 0.6) is 0 Å². The molecule has 0 amide bonds. The van der Waals surface area contributed by atoms with E-state index in [0.29, 0.717) is 12.3 Å². The highest BCUT2D eigenvalue weighted by Gasteiger charge is 2.21. The summed E-state index contributed by atoms with van der Waals surface area (Å²) >= 11 is 0. The molecule has 1 unspecified atom stereocenters. The van der Waals surface area contributed by atoms with Gasteiger partial charge in [-0.3, -0.25) is 0 Å². The van der Waals surface area contributed by atoms with Crippen LogP contribution in [-0.2, 0) is 6.42 Å². The van der Waals surface area contributed by atoms with Gasteiger partial charge in [0, 0.05) is 0 Å². The molecule has 1 aromatic rings. The summed E-state index contributed by atoms with van der Waals surface area (Å²) in [6, 6.07) is 0.246. The van der Waals surface area contributed by atoms with Crippen LogP contribution >= 0.6 is 0 Å². The van der Waals surface area contributed by atoms with Crippen molar-refractivity contribution in [2.24, 2.45) is 0 Å². The molecule has 0 aliphatic carbocycles. The molecule has 1 saturated heterocycles. The molecular formula is C8H13N3O2. The molecule has 2 rings (SSSR count). The van der Waals surface area contributed by atoms with Crippen molar-refractivity contribution in [1.82, 2.24) is 15.5 Å². The first-order chi connectivity index (χ1) is 6.40. The number of hydrogen-bond donors (Lipinski definition) is 2. The Hall–Kier alpha value is -0.940. The van der Waals surface area contributed by atoms with Crippen LogP contribution < -0.4 is 5.32 Å². The minimum Gasteiger partial charge on any atom is -0.396 e. The molecule has 2 heterocycles. The fourth-order valence-electron chi connectivity index (χ4n) is 1.51. The van der Waals surface area contributed by atoms with E-state index in [1.54, 1.807) is 0 Å². The maximum absolute atomic E-state index is 8.65. The fraction of sp³-hybridized carbons (Fsp3) is 0.750. The van der Waals surface area contributed by atoms with Gasteiger partial charge >= 0.3 is 0 Å². The number of nitrogens with one attached hydrogen (secondary N) is 1. The highest BCUT2D eigenvalue weighted by atomic mass is 16.5. The molecule has 0 saturated carbocycles. The highest BCUT2D eigenvalue weighted by Crippen LogP contribution is 2.19. The molecule has 1 aliphatic heterocycles. The van der Waals surface area contributed by atoms with Crippen molar-refractivity contribution in [3.8, 4) is 0 Å². The zero-order chi connectivity index (χ0) is 9.10. The zero-order valence-electron chi connectivity index (χ0n) is 7.36. The maximum atomic E-state index is 8.65. The molecule has 0 radical (unpaired) electrons. The number of hydrogen-bond acceptors (Lipinski definition) is 5. The monoisotopic (exact) mass is 183 g/mol. The Labute approximate surface area is 76.1 Å². The summed E-state index contributed by atoms with van der Waals surface area (Å²) < 4.78 is 4.96. The normalized spacial score (nSPS) is 22.4. The van der Waals surface area contributed by atoms with Crippen LogP contribution in [0.1, 0.15) is 30.6 Å². The number of aromatic nitrogens is 2. The molecule has 5 nitrogen and oxygen atoms in total. The lowest BCUT2D eigenvalue weighted by Crippen LogP contribution is -2.14. The van der Waals surface area contributed by atoms with Crippen molar-refractivity contribution in [2.75, 3.05) is 13.2 Å². The lowest BCUT2D eigenvalue weighted by Gasteiger charge is -2.01. The highest BCUT2D eigenvalue weighted by molar-refractivity contribution is 4.96. The average Bonchev–Trinajstić information content (AvgIpc) is 2.70. The maximum Gasteiger partial charge on any atom is 0.229 e. The molecule has 0 aromatic carbocycles. The van der Waals surface area contributed by atoms with Gasteiger partial charge in [-0.2, -0.15) is 4.98 Å². The summed E-state index contributed by atoms with van der Waals surface area (Å²) in [6.45, 7) is 1.08. The third-order valence-electron chi connectivity index (χ3n) is 2.18. The SMILES string of the molecule is OCCc1nc(C2CCCN2)no1. The van der Waals surface area contributed by atoms with Gasteiger partial charge in [0.1, 0.15) is 0 Å². The van der Waals surface area contributed by atoms with E-state index in [4.69, 9.17) is 9.63 Å². The molecule has 0 bridgehead atoms. The Morgan fingerprint density at radius 1 is 1.62 bits per heavy atom. The van der Waals surface area contributed by atoms with Crippen molar-refractivity contribution in [3.63, 3.8) is 0 Å². The fourth-order valence-corrected chi connectivity index (χ4v) is 1.51. The van der Waals surface area contributed by atoms with Gasteiger partial charge < -0.3 is 14.9 Å². The largest absolute Gasteiger partial charge is 0.396 e. The molecule has 2 N–H and O–H groups in total. The van der Waals surface area contributed by atoms with Gasteiger partial charge in [-0.05, 0) is 19.4 Å². The molecule has 13 heavy (non-hydrogen) atoms. The van der Waals surface area contributed by atoms with Crippen LogP contribution in [0.3, 0.4) is 0 Å². The van der Waals surface area contributed by atoms with Gasteiger partial charge in [0.2, 0.25) is 5.89 Å². The molecule has 1 fully saturated rings. The van der Waals surface area contributed by atoms with Crippen molar-refractivity contribution < 1.29 is 9.63 Å². The van der Waals surface area contributed by atoms with Gasteiger partial charge in [0.05, 0.1) is 19.1 Å². The molecule has 72 valence electrons. The van der Waals surface area contributed by atoms with Crippen molar-refractivity contribution in [1.29, 1.82) is 0 Å². The van der Waals surface area contributed by atoms with E-state index in [1.807, 2.05) is 0 Å². The molecule has 5 heteroatoms. The van der Waals surface area contributed by atoms with E-state index in [1.165, 1.54) is 0 Å². The van der Waals surface area contributed by atoms with Crippen LogP contribution in [0.25, 0.3) is 0 Å². The molecule has 1 aliphatic rings. The van der Waals surface area contributed by atoms with Gasteiger partial charge in [0.15, 0.2) is 5.82 Å². The number of aliphatic hydroxyl groups is 1. The Balaban J connectivity index is 2.03. The van der Waals surface area contributed by atoms with Crippen LogP contribution in [-0.4, -0.2) is 28.4 Å². The van der Waals surface area contributed by atoms with Crippen LogP contribution in [0, 0.1) is 0 Å². The summed E-state index contributed by atoms with van der Waals surface area (Å²) in [5.74, 6) is 1.24. The third kappa shape index (κ3) is 1.87. The van der Waals surface area contributed by atoms with E-state index >= 15 is 0 Å². The summed E-state index contributed by atoms with van der Waals surface area (Å²) in [5.41, 5.74) is 0. The minimum absolute atomic E-state index is 0.0553. The smallest absolute Gasteiger partial charge is 0.229 e. The predicted molar refractivity (Wildman–Crippen MR) is 45.1 cm³/mol. The number of nitrogens with zero attached hydrogens (tertiary/aromatic N) is 2. The zero-order valence-corrected chi connectivity index (χ0v) is 7.36. The standard InChI is InChI=1S/C8H13N3O2/c12-5-3-7-10-8(11-13-7)6-2-1-4-9-6/h6,9,12H,1-5H2. The second-order valence-corrected chi connectivity index (χ2v) is 3.17. The first-order valence-corrected chi connectivity index (χ1v) is 4.57. The van der Waals surface area contributed by atoms with Crippen LogP contribution in [0.15, 0.2) is 4.52 Å². The summed E-state index contributed by atoms with van der Waals surface area (Å²) in [4.78, 5) is 4.18. The first-order valence-electron chi connectivity index (χ1n) is 4.57. The first kappa shape index (κ1) is 8.65.